The first kappa shape index (κ1) is 20.2. The molecular weight excluding hydrogens is 394 g/mol. The standard InChI is InChI=1S/C23H21N5O3/c29-23(13-8-18-6-9-20(10-7-18)28(30)31)27-16-14-26(15-17-27)22-12-11-21(24-25-22)19-4-2-1-3-5-19/h1-13H,14-17H2/b13-8+. The van der Waals surface area contributed by atoms with Gasteiger partial charge in [-0.25, -0.2) is 0 Å². The van der Waals surface area contributed by atoms with Crippen molar-refractivity contribution < 1.29 is 9.72 Å². The highest BCUT2D eigenvalue weighted by molar-refractivity contribution is 5.92. The summed E-state index contributed by atoms with van der Waals surface area (Å²) >= 11 is 0. The van der Waals surface area contributed by atoms with Crippen LogP contribution in [0.2, 0.25) is 0 Å². The lowest BCUT2D eigenvalue weighted by atomic mass is 10.1. The molecule has 3 aromatic rings. The van der Waals surface area contributed by atoms with Gasteiger partial charge in [-0.2, -0.15) is 0 Å². The largest absolute Gasteiger partial charge is 0.352 e. The van der Waals surface area contributed by atoms with Crippen molar-refractivity contribution in [1.29, 1.82) is 0 Å². The maximum Gasteiger partial charge on any atom is 0.269 e. The van der Waals surface area contributed by atoms with E-state index in [1.54, 1.807) is 23.1 Å². The molecule has 0 aliphatic carbocycles. The molecule has 1 aliphatic heterocycles. The van der Waals surface area contributed by atoms with E-state index in [1.165, 1.54) is 18.2 Å². The van der Waals surface area contributed by atoms with Gasteiger partial charge >= 0.3 is 0 Å². The second-order valence-corrected chi connectivity index (χ2v) is 7.14. The van der Waals surface area contributed by atoms with Crippen LogP contribution in [0.5, 0.6) is 0 Å². The summed E-state index contributed by atoms with van der Waals surface area (Å²) < 4.78 is 0. The summed E-state index contributed by atoms with van der Waals surface area (Å²) in [4.78, 5) is 26.6. The van der Waals surface area contributed by atoms with Crippen LogP contribution in [-0.4, -0.2) is 52.1 Å². The molecule has 0 saturated carbocycles. The lowest BCUT2D eigenvalue weighted by Gasteiger charge is -2.34. The molecule has 8 nitrogen and oxygen atoms in total. The van der Waals surface area contributed by atoms with Crippen molar-refractivity contribution in [2.45, 2.75) is 0 Å². The van der Waals surface area contributed by atoms with Gasteiger partial charge in [-0.15, -0.1) is 10.2 Å². The Balaban J connectivity index is 1.31. The minimum Gasteiger partial charge on any atom is -0.352 e. The Morgan fingerprint density at radius 1 is 0.903 bits per heavy atom. The number of piperazine rings is 1. The number of benzene rings is 2. The van der Waals surface area contributed by atoms with E-state index in [1.807, 2.05) is 42.5 Å². The first-order valence-corrected chi connectivity index (χ1v) is 9.96. The minimum atomic E-state index is -0.447. The van der Waals surface area contributed by atoms with E-state index in [0.29, 0.717) is 26.2 Å². The number of amides is 1. The Kier molecular flexibility index (Phi) is 5.98. The van der Waals surface area contributed by atoms with Crippen LogP contribution >= 0.6 is 0 Å². The van der Waals surface area contributed by atoms with Gasteiger partial charge in [-0.3, -0.25) is 14.9 Å². The second-order valence-electron chi connectivity index (χ2n) is 7.14. The molecular formula is C23H21N5O3. The number of carbonyl (C=O) groups is 1. The summed E-state index contributed by atoms with van der Waals surface area (Å²) in [6.45, 7) is 2.53. The quantitative estimate of drug-likeness (QED) is 0.360. The first-order chi connectivity index (χ1) is 15.1. The molecule has 2 aromatic carbocycles. The van der Waals surface area contributed by atoms with Crippen LogP contribution in [0, 0.1) is 10.1 Å². The highest BCUT2D eigenvalue weighted by atomic mass is 16.6. The number of carbonyl (C=O) groups excluding carboxylic acids is 1. The molecule has 0 atom stereocenters. The smallest absolute Gasteiger partial charge is 0.269 e. The summed E-state index contributed by atoms with van der Waals surface area (Å²) in [6, 6.07) is 19.9. The zero-order valence-electron chi connectivity index (χ0n) is 16.8. The van der Waals surface area contributed by atoms with Crippen molar-refractivity contribution in [3.05, 3.63) is 88.5 Å². The SMILES string of the molecule is O=C(/C=C/c1ccc([N+](=O)[O-])cc1)N1CCN(c2ccc(-c3ccccc3)nn2)CC1. The Bertz CT molecular complexity index is 1070. The van der Waals surface area contributed by atoms with E-state index in [0.717, 1.165) is 22.6 Å². The Morgan fingerprint density at radius 3 is 2.23 bits per heavy atom. The molecule has 31 heavy (non-hydrogen) atoms. The van der Waals surface area contributed by atoms with Gasteiger partial charge in [-0.05, 0) is 35.9 Å². The van der Waals surface area contributed by atoms with Gasteiger partial charge in [0.1, 0.15) is 0 Å². The van der Waals surface area contributed by atoms with Gasteiger partial charge in [-0.1, -0.05) is 30.3 Å². The summed E-state index contributed by atoms with van der Waals surface area (Å²) in [7, 11) is 0. The fourth-order valence-corrected chi connectivity index (χ4v) is 3.39. The highest BCUT2D eigenvalue weighted by Gasteiger charge is 2.21. The van der Waals surface area contributed by atoms with Crippen LogP contribution < -0.4 is 4.90 Å². The number of hydrogen-bond acceptors (Lipinski definition) is 6. The molecule has 0 spiro atoms. The molecule has 1 amide bonds. The number of nitro benzene ring substituents is 1. The first-order valence-electron chi connectivity index (χ1n) is 9.96. The second kappa shape index (κ2) is 9.17. The third kappa shape index (κ3) is 4.92. The third-order valence-corrected chi connectivity index (χ3v) is 5.16. The predicted octanol–water partition coefficient (Wildman–Crippen LogP) is 3.41. The molecule has 0 bridgehead atoms. The fourth-order valence-electron chi connectivity index (χ4n) is 3.39. The molecule has 2 heterocycles. The topological polar surface area (TPSA) is 92.5 Å². The van der Waals surface area contributed by atoms with E-state index in [4.69, 9.17) is 0 Å². The van der Waals surface area contributed by atoms with Crippen molar-refractivity contribution in [1.82, 2.24) is 15.1 Å². The van der Waals surface area contributed by atoms with Gasteiger partial charge in [0.25, 0.3) is 5.69 Å². The van der Waals surface area contributed by atoms with Crippen LogP contribution in [0.25, 0.3) is 17.3 Å². The van der Waals surface area contributed by atoms with E-state index < -0.39 is 4.92 Å². The van der Waals surface area contributed by atoms with E-state index in [2.05, 4.69) is 15.1 Å². The lowest BCUT2D eigenvalue weighted by molar-refractivity contribution is -0.384. The number of rotatable bonds is 5. The van der Waals surface area contributed by atoms with Gasteiger partial charge in [0, 0.05) is 50.0 Å². The van der Waals surface area contributed by atoms with Crippen LogP contribution in [-0.2, 0) is 4.79 Å². The van der Waals surface area contributed by atoms with E-state index in [-0.39, 0.29) is 11.6 Å². The fraction of sp³-hybridized carbons (Fsp3) is 0.174. The number of non-ortho nitro benzene ring substituents is 1. The monoisotopic (exact) mass is 415 g/mol. The molecule has 4 rings (SSSR count). The minimum absolute atomic E-state index is 0.0273. The van der Waals surface area contributed by atoms with Gasteiger partial charge < -0.3 is 9.80 Å². The third-order valence-electron chi connectivity index (χ3n) is 5.16. The molecule has 1 fully saturated rings. The van der Waals surface area contributed by atoms with Crippen molar-refractivity contribution in [3.8, 4) is 11.3 Å². The zero-order chi connectivity index (χ0) is 21.6. The van der Waals surface area contributed by atoms with Crippen molar-refractivity contribution >= 4 is 23.5 Å². The molecule has 0 unspecified atom stereocenters. The summed E-state index contributed by atoms with van der Waals surface area (Å²) in [6.07, 6.45) is 3.18. The maximum absolute atomic E-state index is 12.5. The van der Waals surface area contributed by atoms with Crippen LogP contribution in [0.15, 0.2) is 72.8 Å². The Morgan fingerprint density at radius 2 is 1.61 bits per heavy atom. The lowest BCUT2D eigenvalue weighted by Crippen LogP contribution is -2.48. The predicted molar refractivity (Wildman–Crippen MR) is 118 cm³/mol. The summed E-state index contributed by atoms with van der Waals surface area (Å²) in [5.74, 6) is 0.719. The van der Waals surface area contributed by atoms with Gasteiger partial charge in [0.15, 0.2) is 5.82 Å². The molecule has 8 heteroatoms. The number of nitrogens with zero attached hydrogens (tertiary/aromatic N) is 5. The van der Waals surface area contributed by atoms with Crippen LogP contribution in [0.3, 0.4) is 0 Å². The molecule has 156 valence electrons. The Labute approximate surface area is 179 Å². The number of anilines is 1. The molecule has 0 radical (unpaired) electrons. The van der Waals surface area contributed by atoms with Crippen molar-refractivity contribution in [3.63, 3.8) is 0 Å². The number of hydrogen-bond donors (Lipinski definition) is 0. The molecule has 0 N–H and O–H groups in total. The van der Waals surface area contributed by atoms with Crippen molar-refractivity contribution in [2.75, 3.05) is 31.1 Å². The van der Waals surface area contributed by atoms with Gasteiger partial charge in [0.05, 0.1) is 10.6 Å². The average Bonchev–Trinajstić information content (AvgIpc) is 2.83. The number of nitro groups is 1. The molecule has 1 aromatic heterocycles. The van der Waals surface area contributed by atoms with Crippen molar-refractivity contribution in [2.24, 2.45) is 0 Å². The average molecular weight is 415 g/mol. The Hall–Kier alpha value is -4.07. The van der Waals surface area contributed by atoms with E-state index >= 15 is 0 Å². The normalized spacial score (nSPS) is 14.1. The maximum atomic E-state index is 12.5. The highest BCUT2D eigenvalue weighted by Crippen LogP contribution is 2.19. The van der Waals surface area contributed by atoms with Gasteiger partial charge in [0.2, 0.25) is 5.91 Å². The summed E-state index contributed by atoms with van der Waals surface area (Å²) in [5, 5.41) is 19.4. The molecule has 1 aliphatic rings. The van der Waals surface area contributed by atoms with E-state index in [9.17, 15) is 14.9 Å². The number of aromatic nitrogens is 2. The van der Waals surface area contributed by atoms with Crippen LogP contribution in [0.1, 0.15) is 5.56 Å². The summed E-state index contributed by atoms with van der Waals surface area (Å²) in [5.41, 5.74) is 2.62. The van der Waals surface area contributed by atoms with Crippen LogP contribution in [0.4, 0.5) is 11.5 Å². The molecule has 1 saturated heterocycles. The zero-order valence-corrected chi connectivity index (χ0v) is 16.8.